The van der Waals surface area contributed by atoms with Gasteiger partial charge < -0.3 is 19.4 Å². The number of carbonyl (C=O) groups excluding carboxylic acids is 2. The lowest BCUT2D eigenvalue weighted by Crippen LogP contribution is -2.47. The average Bonchev–Trinajstić information content (AvgIpc) is 3.29. The van der Waals surface area contributed by atoms with Crippen molar-refractivity contribution in [2.75, 3.05) is 49.9 Å². The molecule has 7 heteroatoms. The van der Waals surface area contributed by atoms with Crippen molar-refractivity contribution < 1.29 is 14.3 Å². The van der Waals surface area contributed by atoms with Crippen molar-refractivity contribution in [3.63, 3.8) is 0 Å². The molecule has 2 aliphatic heterocycles. The van der Waals surface area contributed by atoms with Crippen LogP contribution in [0.25, 0.3) is 0 Å². The number of anilines is 1. The molecule has 2 aliphatic rings. The van der Waals surface area contributed by atoms with Crippen molar-refractivity contribution in [1.29, 1.82) is 0 Å². The molecule has 2 aromatic rings. The molecule has 2 aromatic carbocycles. The molecular weight excluding hydrogens is 398 g/mol. The summed E-state index contributed by atoms with van der Waals surface area (Å²) in [7, 11) is 1.81. The Labute approximate surface area is 181 Å². The number of ether oxygens (including phenoxy) is 1. The first-order valence-corrected chi connectivity index (χ1v) is 11.4. The summed E-state index contributed by atoms with van der Waals surface area (Å²) in [5.74, 6) is 1.09. The molecule has 0 saturated carbocycles. The Hall–Kier alpha value is -2.51. The Morgan fingerprint density at radius 3 is 2.47 bits per heavy atom. The molecule has 0 aliphatic carbocycles. The molecule has 0 N–H and O–H groups in total. The fraction of sp³-hybridized carbons (Fsp3) is 0.391. The quantitative estimate of drug-likeness (QED) is 0.737. The number of benzene rings is 2. The number of carbonyl (C=O) groups is 2. The lowest BCUT2D eigenvalue weighted by Gasteiger charge is -2.29. The van der Waals surface area contributed by atoms with E-state index < -0.39 is 6.04 Å². The van der Waals surface area contributed by atoms with Crippen molar-refractivity contribution in [3.8, 4) is 0 Å². The molecule has 2 saturated heterocycles. The summed E-state index contributed by atoms with van der Waals surface area (Å²) >= 11 is 1.62. The minimum absolute atomic E-state index is 0.0125. The number of thioether (sulfide) groups is 1. The Morgan fingerprint density at radius 1 is 1.07 bits per heavy atom. The third-order valence-electron chi connectivity index (χ3n) is 5.56. The van der Waals surface area contributed by atoms with E-state index in [0.29, 0.717) is 23.7 Å². The predicted molar refractivity (Wildman–Crippen MR) is 120 cm³/mol. The smallest absolute Gasteiger partial charge is 0.255 e. The van der Waals surface area contributed by atoms with Crippen LogP contribution in [0.3, 0.4) is 0 Å². The van der Waals surface area contributed by atoms with Gasteiger partial charge in [0.25, 0.3) is 5.91 Å². The van der Waals surface area contributed by atoms with Crippen molar-refractivity contribution in [3.05, 3.63) is 65.7 Å². The number of hydrogen-bond donors (Lipinski definition) is 0. The van der Waals surface area contributed by atoms with E-state index in [2.05, 4.69) is 29.2 Å². The highest BCUT2D eigenvalue weighted by atomic mass is 32.2. The molecule has 2 fully saturated rings. The van der Waals surface area contributed by atoms with E-state index in [1.54, 1.807) is 33.7 Å². The minimum Gasteiger partial charge on any atom is -0.378 e. The lowest BCUT2D eigenvalue weighted by molar-refractivity contribution is -0.134. The van der Waals surface area contributed by atoms with Crippen LogP contribution >= 0.6 is 11.8 Å². The van der Waals surface area contributed by atoms with Gasteiger partial charge in [0.1, 0.15) is 6.04 Å². The molecule has 0 bridgehead atoms. The molecule has 1 atom stereocenters. The highest BCUT2D eigenvalue weighted by Gasteiger charge is 2.36. The van der Waals surface area contributed by atoms with E-state index in [9.17, 15) is 9.59 Å². The number of hydrogen-bond acceptors (Lipinski definition) is 5. The number of likely N-dealkylation sites (N-methyl/N-ethyl adjacent to an activating group) is 1. The third kappa shape index (κ3) is 4.63. The van der Waals surface area contributed by atoms with E-state index in [-0.39, 0.29) is 11.8 Å². The Bertz CT molecular complexity index is 869. The van der Waals surface area contributed by atoms with Gasteiger partial charge in [-0.1, -0.05) is 30.3 Å². The van der Waals surface area contributed by atoms with Crippen LogP contribution in [-0.4, -0.2) is 72.6 Å². The molecule has 6 nitrogen and oxygen atoms in total. The maximum absolute atomic E-state index is 13.1. The van der Waals surface area contributed by atoms with E-state index >= 15 is 0 Å². The van der Waals surface area contributed by atoms with Gasteiger partial charge in [-0.3, -0.25) is 9.59 Å². The summed E-state index contributed by atoms with van der Waals surface area (Å²) < 4.78 is 5.41. The van der Waals surface area contributed by atoms with E-state index in [1.807, 2.05) is 25.2 Å². The van der Waals surface area contributed by atoms with Crippen LogP contribution in [0, 0.1) is 0 Å². The molecular formula is C23H27N3O3S. The molecule has 0 spiro atoms. The summed E-state index contributed by atoms with van der Waals surface area (Å²) in [6.07, 6.45) is 0. The van der Waals surface area contributed by atoms with Gasteiger partial charge in [0, 0.05) is 43.7 Å². The SMILES string of the molecule is CN(Cc1ccc(N2CCOCC2)cc1)C(=O)C1CSCN1C(=O)c1ccccc1. The summed E-state index contributed by atoms with van der Waals surface area (Å²) in [4.78, 5) is 31.7. The zero-order chi connectivity index (χ0) is 20.9. The van der Waals surface area contributed by atoms with Gasteiger partial charge in [0.05, 0.1) is 19.1 Å². The van der Waals surface area contributed by atoms with E-state index in [4.69, 9.17) is 4.74 Å². The summed E-state index contributed by atoms with van der Waals surface area (Å²) in [6.45, 7) is 3.86. The third-order valence-corrected chi connectivity index (χ3v) is 6.57. The summed E-state index contributed by atoms with van der Waals surface area (Å²) in [5.41, 5.74) is 2.89. The largest absolute Gasteiger partial charge is 0.378 e. The van der Waals surface area contributed by atoms with Crippen molar-refractivity contribution >= 4 is 29.3 Å². The number of nitrogens with zero attached hydrogens (tertiary/aromatic N) is 3. The van der Waals surface area contributed by atoms with Crippen LogP contribution in [-0.2, 0) is 16.1 Å². The predicted octanol–water partition coefficient (Wildman–Crippen LogP) is 2.70. The van der Waals surface area contributed by atoms with Gasteiger partial charge in [-0.05, 0) is 29.8 Å². The molecule has 2 heterocycles. The number of amides is 2. The van der Waals surface area contributed by atoms with Gasteiger partial charge in [0.2, 0.25) is 5.91 Å². The zero-order valence-electron chi connectivity index (χ0n) is 17.2. The summed E-state index contributed by atoms with van der Waals surface area (Å²) in [5, 5.41) is 0. The molecule has 2 amide bonds. The first-order valence-electron chi connectivity index (χ1n) is 10.2. The fourth-order valence-electron chi connectivity index (χ4n) is 3.83. The van der Waals surface area contributed by atoms with Crippen molar-refractivity contribution in [2.24, 2.45) is 0 Å². The van der Waals surface area contributed by atoms with Crippen LogP contribution in [0.1, 0.15) is 15.9 Å². The molecule has 30 heavy (non-hydrogen) atoms. The normalized spacial score (nSPS) is 19.0. The van der Waals surface area contributed by atoms with E-state index in [0.717, 1.165) is 31.9 Å². The van der Waals surface area contributed by atoms with Gasteiger partial charge in [-0.2, -0.15) is 0 Å². The maximum atomic E-state index is 13.1. The molecule has 1 unspecified atom stereocenters. The molecule has 0 aromatic heterocycles. The monoisotopic (exact) mass is 425 g/mol. The summed E-state index contributed by atoms with van der Waals surface area (Å²) in [6, 6.07) is 17.1. The first-order chi connectivity index (χ1) is 14.6. The second kappa shape index (κ2) is 9.53. The number of morpholine rings is 1. The van der Waals surface area contributed by atoms with Crippen LogP contribution in [0.4, 0.5) is 5.69 Å². The second-order valence-corrected chi connectivity index (χ2v) is 8.62. The van der Waals surface area contributed by atoms with Crippen molar-refractivity contribution in [1.82, 2.24) is 9.80 Å². The Kier molecular flexibility index (Phi) is 6.59. The van der Waals surface area contributed by atoms with Gasteiger partial charge in [0.15, 0.2) is 0 Å². The Balaban J connectivity index is 1.38. The highest BCUT2D eigenvalue weighted by Crippen LogP contribution is 2.25. The fourth-order valence-corrected chi connectivity index (χ4v) is 4.98. The van der Waals surface area contributed by atoms with Crippen LogP contribution in [0.15, 0.2) is 54.6 Å². The van der Waals surface area contributed by atoms with Gasteiger partial charge >= 0.3 is 0 Å². The molecule has 4 rings (SSSR count). The molecule has 0 radical (unpaired) electrons. The van der Waals surface area contributed by atoms with Crippen molar-refractivity contribution in [2.45, 2.75) is 12.6 Å². The maximum Gasteiger partial charge on any atom is 0.255 e. The topological polar surface area (TPSA) is 53.1 Å². The van der Waals surface area contributed by atoms with Crippen LogP contribution < -0.4 is 4.90 Å². The van der Waals surface area contributed by atoms with Crippen LogP contribution in [0.2, 0.25) is 0 Å². The highest BCUT2D eigenvalue weighted by molar-refractivity contribution is 7.99. The standard InChI is InChI=1S/C23H27N3O3S/c1-24(15-18-7-9-20(10-8-18)25-11-13-29-14-12-25)23(28)21-16-30-17-26(21)22(27)19-5-3-2-4-6-19/h2-10,21H,11-17H2,1H3. The lowest BCUT2D eigenvalue weighted by atomic mass is 10.1. The average molecular weight is 426 g/mol. The van der Waals surface area contributed by atoms with E-state index in [1.165, 1.54) is 5.69 Å². The van der Waals surface area contributed by atoms with Gasteiger partial charge in [-0.15, -0.1) is 11.8 Å². The molecule has 158 valence electrons. The van der Waals surface area contributed by atoms with Crippen LogP contribution in [0.5, 0.6) is 0 Å². The Morgan fingerprint density at radius 2 is 1.77 bits per heavy atom. The minimum atomic E-state index is -0.416. The van der Waals surface area contributed by atoms with Gasteiger partial charge in [-0.25, -0.2) is 0 Å². The zero-order valence-corrected chi connectivity index (χ0v) is 18.0. The number of rotatable bonds is 5. The first kappa shape index (κ1) is 20.8. The second-order valence-electron chi connectivity index (χ2n) is 7.62.